The first-order valence-corrected chi connectivity index (χ1v) is 11.2. The zero-order chi connectivity index (χ0) is 21.5. The molecular weight excluding hydrogens is 418 g/mol. The summed E-state index contributed by atoms with van der Waals surface area (Å²) in [7, 11) is -3.76. The van der Waals surface area contributed by atoms with Gasteiger partial charge in [-0.15, -0.1) is 0 Å². The zero-order valence-electron chi connectivity index (χ0n) is 16.5. The first-order valence-electron chi connectivity index (χ1n) is 9.29. The lowest BCUT2D eigenvalue weighted by Gasteiger charge is -2.08. The van der Waals surface area contributed by atoms with Gasteiger partial charge in [-0.1, -0.05) is 47.5 Å². The van der Waals surface area contributed by atoms with Gasteiger partial charge in [-0.3, -0.25) is 0 Å². The molecule has 0 bridgehead atoms. The van der Waals surface area contributed by atoms with E-state index in [0.717, 1.165) is 33.8 Å². The standard InChI is InChI=1S/C23H20ClN3O2S/c1-15-3-12-21(16(2)13-15)22-14-23(17-4-6-18(24)7-5-17)27(26-22)19-8-10-20(11-9-19)30(25,28)29/h3-14H,1-2H3,(H2,25,28,29). The number of benzene rings is 3. The van der Waals surface area contributed by atoms with Gasteiger partial charge in [-0.05, 0) is 61.9 Å². The third-order valence-corrected chi connectivity index (χ3v) is 6.10. The van der Waals surface area contributed by atoms with Gasteiger partial charge in [0, 0.05) is 16.1 Å². The SMILES string of the molecule is Cc1ccc(-c2cc(-c3ccc(Cl)cc3)n(-c3ccc(S(N)(=O)=O)cc3)n2)c(C)c1. The fourth-order valence-electron chi connectivity index (χ4n) is 3.41. The third kappa shape index (κ3) is 4.03. The van der Waals surface area contributed by atoms with Crippen molar-refractivity contribution in [3.63, 3.8) is 0 Å². The molecule has 0 saturated heterocycles. The summed E-state index contributed by atoms with van der Waals surface area (Å²) in [5, 5.41) is 10.7. The van der Waals surface area contributed by atoms with E-state index >= 15 is 0 Å². The van der Waals surface area contributed by atoms with Crippen molar-refractivity contribution < 1.29 is 8.42 Å². The van der Waals surface area contributed by atoms with Gasteiger partial charge in [0.15, 0.2) is 0 Å². The lowest BCUT2D eigenvalue weighted by atomic mass is 10.0. The fraction of sp³-hybridized carbons (Fsp3) is 0.0870. The Balaban J connectivity index is 1.89. The predicted octanol–water partition coefficient (Wildman–Crippen LogP) is 5.12. The summed E-state index contributed by atoms with van der Waals surface area (Å²) in [5.41, 5.74) is 6.72. The van der Waals surface area contributed by atoms with Crippen molar-refractivity contribution in [1.82, 2.24) is 9.78 Å². The number of aromatic nitrogens is 2. The minimum absolute atomic E-state index is 0.0565. The maximum absolute atomic E-state index is 11.6. The minimum Gasteiger partial charge on any atom is -0.232 e. The highest BCUT2D eigenvalue weighted by atomic mass is 35.5. The normalized spacial score (nSPS) is 11.6. The Morgan fingerprint density at radius 1 is 0.900 bits per heavy atom. The van der Waals surface area contributed by atoms with E-state index in [2.05, 4.69) is 32.0 Å². The monoisotopic (exact) mass is 437 g/mol. The lowest BCUT2D eigenvalue weighted by molar-refractivity contribution is 0.598. The van der Waals surface area contributed by atoms with E-state index < -0.39 is 10.0 Å². The van der Waals surface area contributed by atoms with Crippen LogP contribution in [0.5, 0.6) is 0 Å². The van der Waals surface area contributed by atoms with Crippen molar-refractivity contribution in [2.75, 3.05) is 0 Å². The Labute approximate surface area is 180 Å². The molecule has 0 amide bonds. The highest BCUT2D eigenvalue weighted by Crippen LogP contribution is 2.31. The number of halogens is 1. The van der Waals surface area contributed by atoms with Crippen molar-refractivity contribution in [1.29, 1.82) is 0 Å². The van der Waals surface area contributed by atoms with Crippen LogP contribution in [-0.4, -0.2) is 18.2 Å². The van der Waals surface area contributed by atoms with Crippen LogP contribution in [0.15, 0.2) is 77.7 Å². The van der Waals surface area contributed by atoms with E-state index in [1.165, 1.54) is 17.7 Å². The zero-order valence-corrected chi connectivity index (χ0v) is 18.1. The van der Waals surface area contributed by atoms with Crippen molar-refractivity contribution in [2.24, 2.45) is 5.14 Å². The highest BCUT2D eigenvalue weighted by molar-refractivity contribution is 7.89. The smallest absolute Gasteiger partial charge is 0.232 e. The van der Waals surface area contributed by atoms with Gasteiger partial charge in [-0.25, -0.2) is 18.2 Å². The molecule has 4 rings (SSSR count). The van der Waals surface area contributed by atoms with Gasteiger partial charge in [-0.2, -0.15) is 5.10 Å². The minimum atomic E-state index is -3.76. The Morgan fingerprint density at radius 2 is 1.57 bits per heavy atom. The second-order valence-corrected chi connectivity index (χ2v) is 9.19. The van der Waals surface area contributed by atoms with E-state index in [1.54, 1.807) is 16.8 Å². The molecule has 5 nitrogen and oxygen atoms in total. The van der Waals surface area contributed by atoms with Gasteiger partial charge in [0.25, 0.3) is 0 Å². The highest BCUT2D eigenvalue weighted by Gasteiger charge is 2.15. The first kappa shape index (κ1) is 20.3. The summed E-state index contributed by atoms with van der Waals surface area (Å²) in [6, 6.07) is 22.1. The molecule has 0 radical (unpaired) electrons. The summed E-state index contributed by atoms with van der Waals surface area (Å²) in [5.74, 6) is 0. The van der Waals surface area contributed by atoms with Crippen molar-refractivity contribution in [3.05, 3.63) is 88.9 Å². The molecule has 2 N–H and O–H groups in total. The molecule has 0 fully saturated rings. The molecule has 0 unspecified atom stereocenters. The average molecular weight is 438 g/mol. The fourth-order valence-corrected chi connectivity index (χ4v) is 4.06. The molecule has 0 aliphatic rings. The van der Waals surface area contributed by atoms with Crippen molar-refractivity contribution in [3.8, 4) is 28.2 Å². The molecule has 0 aliphatic heterocycles. The largest absolute Gasteiger partial charge is 0.238 e. The summed E-state index contributed by atoms with van der Waals surface area (Å²) in [6.07, 6.45) is 0. The number of primary sulfonamides is 1. The van der Waals surface area contributed by atoms with E-state index in [0.29, 0.717) is 5.02 Å². The number of nitrogens with two attached hydrogens (primary N) is 1. The van der Waals surface area contributed by atoms with Crippen LogP contribution in [-0.2, 0) is 10.0 Å². The van der Waals surface area contributed by atoms with Crippen LogP contribution >= 0.6 is 11.6 Å². The van der Waals surface area contributed by atoms with Crippen LogP contribution in [0.25, 0.3) is 28.2 Å². The Bertz CT molecular complexity index is 1330. The summed E-state index contributed by atoms with van der Waals surface area (Å²) in [6.45, 7) is 4.12. The molecule has 7 heteroatoms. The average Bonchev–Trinajstić information content (AvgIpc) is 3.13. The summed E-state index contributed by atoms with van der Waals surface area (Å²) >= 11 is 6.06. The molecular formula is C23H20ClN3O2S. The van der Waals surface area contributed by atoms with Gasteiger partial charge in [0.2, 0.25) is 10.0 Å². The predicted molar refractivity (Wildman–Crippen MR) is 120 cm³/mol. The van der Waals surface area contributed by atoms with E-state index in [4.69, 9.17) is 21.8 Å². The lowest BCUT2D eigenvalue weighted by Crippen LogP contribution is -2.12. The van der Waals surface area contributed by atoms with Crippen LogP contribution in [0.2, 0.25) is 5.02 Å². The second kappa shape index (κ2) is 7.72. The molecule has 0 aliphatic carbocycles. The molecule has 0 atom stereocenters. The number of sulfonamides is 1. The van der Waals surface area contributed by atoms with Crippen molar-refractivity contribution in [2.45, 2.75) is 18.7 Å². The molecule has 0 spiro atoms. The summed E-state index contributed by atoms with van der Waals surface area (Å²) in [4.78, 5) is 0.0565. The van der Waals surface area contributed by atoms with Gasteiger partial charge in [0.1, 0.15) is 0 Å². The van der Waals surface area contributed by atoms with Crippen LogP contribution in [0, 0.1) is 13.8 Å². The molecule has 4 aromatic rings. The van der Waals surface area contributed by atoms with Crippen LogP contribution < -0.4 is 5.14 Å². The van der Waals surface area contributed by atoms with Crippen LogP contribution in [0.4, 0.5) is 0 Å². The third-order valence-electron chi connectivity index (χ3n) is 4.92. The number of hydrogen-bond donors (Lipinski definition) is 1. The number of nitrogens with zero attached hydrogens (tertiary/aromatic N) is 2. The molecule has 152 valence electrons. The number of hydrogen-bond acceptors (Lipinski definition) is 3. The van der Waals surface area contributed by atoms with E-state index in [1.807, 2.05) is 30.3 Å². The van der Waals surface area contributed by atoms with E-state index in [9.17, 15) is 8.42 Å². The molecule has 1 heterocycles. The van der Waals surface area contributed by atoms with Crippen LogP contribution in [0.3, 0.4) is 0 Å². The van der Waals surface area contributed by atoms with Gasteiger partial charge >= 0.3 is 0 Å². The molecule has 1 aromatic heterocycles. The topological polar surface area (TPSA) is 78.0 Å². The maximum atomic E-state index is 11.6. The first-order chi connectivity index (χ1) is 14.2. The second-order valence-electron chi connectivity index (χ2n) is 7.19. The summed E-state index contributed by atoms with van der Waals surface area (Å²) < 4.78 is 25.0. The van der Waals surface area contributed by atoms with Crippen molar-refractivity contribution >= 4 is 21.6 Å². The van der Waals surface area contributed by atoms with Crippen LogP contribution in [0.1, 0.15) is 11.1 Å². The molecule has 0 saturated carbocycles. The van der Waals surface area contributed by atoms with E-state index in [-0.39, 0.29) is 4.90 Å². The Kier molecular flexibility index (Phi) is 5.24. The Morgan fingerprint density at radius 3 is 2.17 bits per heavy atom. The quantitative estimate of drug-likeness (QED) is 0.481. The Hall–Kier alpha value is -2.93. The van der Waals surface area contributed by atoms with Gasteiger partial charge in [0.05, 0.1) is 22.0 Å². The van der Waals surface area contributed by atoms with Gasteiger partial charge < -0.3 is 0 Å². The number of aryl methyl sites for hydroxylation is 2. The molecule has 30 heavy (non-hydrogen) atoms. The number of rotatable bonds is 4. The maximum Gasteiger partial charge on any atom is 0.238 e. The molecule has 3 aromatic carbocycles.